The summed E-state index contributed by atoms with van der Waals surface area (Å²) >= 11 is 5.62. The zero-order chi connectivity index (χ0) is 13.9. The van der Waals surface area contributed by atoms with Crippen molar-refractivity contribution in [3.8, 4) is 0 Å². The van der Waals surface area contributed by atoms with E-state index in [1.165, 1.54) is 0 Å². The van der Waals surface area contributed by atoms with Gasteiger partial charge in [-0.2, -0.15) is 0 Å². The summed E-state index contributed by atoms with van der Waals surface area (Å²) in [5, 5.41) is 0.708. The first-order valence-corrected chi connectivity index (χ1v) is 7.12. The van der Waals surface area contributed by atoms with Crippen LogP contribution >= 0.6 is 12.2 Å². The van der Waals surface area contributed by atoms with Gasteiger partial charge in [0.2, 0.25) is 0 Å². The van der Waals surface area contributed by atoms with Gasteiger partial charge in [-0.15, -0.1) is 0 Å². The minimum atomic E-state index is -0.345. The van der Waals surface area contributed by atoms with Crippen LogP contribution in [0.3, 0.4) is 0 Å². The van der Waals surface area contributed by atoms with E-state index in [9.17, 15) is 4.79 Å². The smallest absolute Gasteiger partial charge is 0.255 e. The van der Waals surface area contributed by atoms with Crippen LogP contribution in [-0.2, 0) is 4.79 Å². The van der Waals surface area contributed by atoms with Gasteiger partial charge in [0, 0.05) is 11.1 Å². The molecule has 1 saturated heterocycles. The molecule has 2 aliphatic rings. The molecular formula is C14H24N2OS. The van der Waals surface area contributed by atoms with Crippen LogP contribution in [0.2, 0.25) is 0 Å². The Kier molecular flexibility index (Phi) is 2.82. The third-order valence-corrected chi connectivity index (χ3v) is 4.30. The maximum atomic E-state index is 12.8. The first kappa shape index (κ1) is 13.8. The molecular weight excluding hydrogens is 244 g/mol. The summed E-state index contributed by atoms with van der Waals surface area (Å²) < 4.78 is 0. The number of nitrogens with zero attached hydrogens (tertiary/aromatic N) is 2. The Morgan fingerprint density at radius 2 is 1.56 bits per heavy atom. The summed E-state index contributed by atoms with van der Waals surface area (Å²) in [5.41, 5.74) is -0.688. The quantitative estimate of drug-likeness (QED) is 0.631. The van der Waals surface area contributed by atoms with Crippen LogP contribution in [0, 0.1) is 0 Å². The third-order valence-electron chi connectivity index (χ3n) is 3.93. The highest BCUT2D eigenvalue weighted by atomic mass is 32.1. The maximum absolute atomic E-state index is 12.8. The van der Waals surface area contributed by atoms with E-state index in [4.69, 9.17) is 12.2 Å². The SMILES string of the molecule is CC(C)(C)N1C(=O)C2(CCC2)N(C(C)(C)C)C1=S. The van der Waals surface area contributed by atoms with E-state index >= 15 is 0 Å². The Morgan fingerprint density at radius 3 is 1.78 bits per heavy atom. The van der Waals surface area contributed by atoms with Crippen molar-refractivity contribution in [3.05, 3.63) is 0 Å². The number of hydrogen-bond donors (Lipinski definition) is 0. The number of hydrogen-bond acceptors (Lipinski definition) is 2. The van der Waals surface area contributed by atoms with E-state index in [-0.39, 0.29) is 22.5 Å². The molecule has 0 N–H and O–H groups in total. The van der Waals surface area contributed by atoms with Crippen LogP contribution in [0.15, 0.2) is 0 Å². The molecule has 0 unspecified atom stereocenters. The van der Waals surface area contributed by atoms with Gasteiger partial charge in [-0.25, -0.2) is 0 Å². The number of rotatable bonds is 0. The lowest BCUT2D eigenvalue weighted by Crippen LogP contribution is -2.61. The van der Waals surface area contributed by atoms with Crippen LogP contribution in [-0.4, -0.2) is 37.4 Å². The molecule has 1 amide bonds. The summed E-state index contributed by atoms with van der Waals surface area (Å²) in [6.45, 7) is 12.6. The number of carbonyl (C=O) groups excluding carboxylic acids is 1. The Labute approximate surface area is 116 Å². The summed E-state index contributed by atoms with van der Waals surface area (Å²) in [6, 6.07) is 0. The van der Waals surface area contributed by atoms with Gasteiger partial charge < -0.3 is 4.90 Å². The van der Waals surface area contributed by atoms with Gasteiger partial charge in [0.15, 0.2) is 5.11 Å². The van der Waals surface area contributed by atoms with Gasteiger partial charge in [-0.3, -0.25) is 9.69 Å². The Hall–Kier alpha value is -0.640. The highest BCUT2D eigenvalue weighted by Crippen LogP contribution is 2.49. The van der Waals surface area contributed by atoms with E-state index in [2.05, 4.69) is 46.4 Å². The third kappa shape index (κ3) is 1.68. The second-order valence-corrected chi connectivity index (χ2v) is 7.85. The predicted molar refractivity (Wildman–Crippen MR) is 77.4 cm³/mol. The fourth-order valence-corrected chi connectivity index (χ4v) is 3.95. The predicted octanol–water partition coefficient (Wildman–Crippen LogP) is 2.94. The van der Waals surface area contributed by atoms with Gasteiger partial charge >= 0.3 is 0 Å². The lowest BCUT2D eigenvalue weighted by atomic mass is 9.73. The molecule has 18 heavy (non-hydrogen) atoms. The number of carbonyl (C=O) groups is 1. The molecule has 1 aliphatic carbocycles. The van der Waals surface area contributed by atoms with Crippen molar-refractivity contribution in [2.24, 2.45) is 0 Å². The normalized spacial score (nSPS) is 23.9. The highest BCUT2D eigenvalue weighted by Gasteiger charge is 2.62. The lowest BCUT2D eigenvalue weighted by molar-refractivity contribution is -0.141. The topological polar surface area (TPSA) is 23.6 Å². The molecule has 0 aromatic rings. The van der Waals surface area contributed by atoms with E-state index in [0.717, 1.165) is 19.3 Å². The van der Waals surface area contributed by atoms with Crippen molar-refractivity contribution in [2.45, 2.75) is 77.4 Å². The molecule has 2 fully saturated rings. The summed E-state index contributed by atoms with van der Waals surface area (Å²) in [6.07, 6.45) is 3.00. The zero-order valence-corrected chi connectivity index (χ0v) is 13.1. The molecule has 0 bridgehead atoms. The molecule has 0 atom stereocenters. The van der Waals surface area contributed by atoms with Crippen LogP contribution in [0.4, 0.5) is 0 Å². The summed E-state index contributed by atoms with van der Waals surface area (Å²) in [7, 11) is 0. The van der Waals surface area contributed by atoms with Gasteiger partial charge in [0.25, 0.3) is 5.91 Å². The van der Waals surface area contributed by atoms with E-state index in [1.807, 2.05) is 4.90 Å². The van der Waals surface area contributed by atoms with Gasteiger partial charge in [-0.05, 0) is 73.0 Å². The molecule has 1 saturated carbocycles. The standard InChI is InChI=1S/C14H24N2OS/c1-12(2,3)15-10(17)14(8-7-9-14)16(11(15)18)13(4,5)6/h7-9H2,1-6H3. The molecule has 0 radical (unpaired) electrons. The highest BCUT2D eigenvalue weighted by molar-refractivity contribution is 7.80. The van der Waals surface area contributed by atoms with Crippen molar-refractivity contribution in [1.29, 1.82) is 0 Å². The first-order valence-electron chi connectivity index (χ1n) is 6.71. The lowest BCUT2D eigenvalue weighted by Gasteiger charge is -2.49. The van der Waals surface area contributed by atoms with E-state index in [1.54, 1.807) is 0 Å². The molecule has 2 rings (SSSR count). The number of amides is 1. The van der Waals surface area contributed by atoms with Crippen molar-refractivity contribution in [1.82, 2.24) is 9.80 Å². The minimum absolute atomic E-state index is 0.104. The van der Waals surface area contributed by atoms with Crippen LogP contribution < -0.4 is 0 Å². The molecule has 102 valence electrons. The molecule has 0 aromatic carbocycles. The average Bonchev–Trinajstić information content (AvgIpc) is 2.29. The first-order chi connectivity index (χ1) is 8.02. The van der Waals surface area contributed by atoms with Gasteiger partial charge in [-0.1, -0.05) is 0 Å². The molecule has 1 spiro atoms. The van der Waals surface area contributed by atoms with Crippen molar-refractivity contribution < 1.29 is 4.79 Å². The van der Waals surface area contributed by atoms with Gasteiger partial charge in [0.05, 0.1) is 0 Å². The molecule has 1 heterocycles. The monoisotopic (exact) mass is 268 g/mol. The Morgan fingerprint density at radius 1 is 1.06 bits per heavy atom. The van der Waals surface area contributed by atoms with E-state index in [0.29, 0.717) is 5.11 Å². The minimum Gasteiger partial charge on any atom is -0.329 e. The van der Waals surface area contributed by atoms with Crippen molar-refractivity contribution in [2.75, 3.05) is 0 Å². The van der Waals surface area contributed by atoms with Crippen molar-refractivity contribution >= 4 is 23.2 Å². The Bertz CT molecular complexity index is 399. The second kappa shape index (κ2) is 3.69. The summed E-state index contributed by atoms with van der Waals surface area (Å²) in [5.74, 6) is 0.209. The summed E-state index contributed by atoms with van der Waals surface area (Å²) in [4.78, 5) is 16.8. The fourth-order valence-electron chi connectivity index (χ4n) is 3.14. The molecule has 1 aliphatic heterocycles. The fraction of sp³-hybridized carbons (Fsp3) is 0.857. The van der Waals surface area contributed by atoms with Crippen LogP contribution in [0.5, 0.6) is 0 Å². The van der Waals surface area contributed by atoms with Crippen molar-refractivity contribution in [3.63, 3.8) is 0 Å². The molecule has 4 heteroatoms. The van der Waals surface area contributed by atoms with Crippen LogP contribution in [0.1, 0.15) is 60.8 Å². The largest absolute Gasteiger partial charge is 0.329 e. The molecule has 3 nitrogen and oxygen atoms in total. The maximum Gasteiger partial charge on any atom is 0.255 e. The molecule has 0 aromatic heterocycles. The number of thiocarbonyl (C=S) groups is 1. The van der Waals surface area contributed by atoms with E-state index < -0.39 is 0 Å². The van der Waals surface area contributed by atoms with Gasteiger partial charge in [0.1, 0.15) is 5.54 Å². The zero-order valence-electron chi connectivity index (χ0n) is 12.3. The van der Waals surface area contributed by atoms with Crippen LogP contribution in [0.25, 0.3) is 0 Å². The average molecular weight is 268 g/mol. The Balaban J connectivity index is 2.49. The second-order valence-electron chi connectivity index (χ2n) is 7.49.